The Bertz CT molecular complexity index is 593. The lowest BCUT2D eigenvalue weighted by atomic mass is 9.88. The van der Waals surface area contributed by atoms with Crippen molar-refractivity contribution < 1.29 is 14.3 Å². The van der Waals surface area contributed by atoms with E-state index in [-0.39, 0.29) is 11.7 Å². The molecule has 132 valence electrons. The van der Waals surface area contributed by atoms with Gasteiger partial charge in [0, 0.05) is 31.1 Å². The molecule has 1 aromatic rings. The van der Waals surface area contributed by atoms with Crippen molar-refractivity contribution in [1.82, 2.24) is 10.2 Å². The topological polar surface area (TPSA) is 84.7 Å². The average Bonchev–Trinajstić information content (AvgIpc) is 2.54. The number of aryl methyl sites for hydroxylation is 2. The molecule has 0 aliphatic carbocycles. The molecule has 0 spiro atoms. The SMILES string of the molecule is COc1c(C)cc(C(=O)[C@H]2CCCN(CCNC(N)=O)C2)cc1C. The maximum atomic E-state index is 12.9. The minimum absolute atomic E-state index is 0.000442. The lowest BCUT2D eigenvalue weighted by molar-refractivity contribution is 0.0821. The van der Waals surface area contributed by atoms with Crippen molar-refractivity contribution in [2.24, 2.45) is 11.7 Å². The number of nitrogens with zero attached hydrogens (tertiary/aromatic N) is 1. The van der Waals surface area contributed by atoms with Gasteiger partial charge in [0.25, 0.3) is 0 Å². The van der Waals surface area contributed by atoms with Crippen molar-refractivity contribution in [2.45, 2.75) is 26.7 Å². The van der Waals surface area contributed by atoms with E-state index < -0.39 is 6.03 Å². The van der Waals surface area contributed by atoms with Gasteiger partial charge in [-0.15, -0.1) is 0 Å². The summed E-state index contributed by atoms with van der Waals surface area (Å²) in [6.07, 6.45) is 1.89. The number of primary amides is 1. The van der Waals surface area contributed by atoms with E-state index in [1.54, 1.807) is 7.11 Å². The van der Waals surface area contributed by atoms with Crippen LogP contribution in [0.3, 0.4) is 0 Å². The van der Waals surface area contributed by atoms with Crippen LogP contribution < -0.4 is 15.8 Å². The zero-order valence-corrected chi connectivity index (χ0v) is 14.7. The van der Waals surface area contributed by atoms with E-state index in [2.05, 4.69) is 10.2 Å². The number of Topliss-reactive ketones (excluding diaryl/α,β-unsaturated/α-hetero) is 1. The van der Waals surface area contributed by atoms with Crippen LogP contribution in [0.1, 0.15) is 34.3 Å². The molecule has 0 aromatic heterocycles. The Kier molecular flexibility index (Phi) is 6.20. The summed E-state index contributed by atoms with van der Waals surface area (Å²) in [6.45, 7) is 6.83. The van der Waals surface area contributed by atoms with Crippen molar-refractivity contribution in [2.75, 3.05) is 33.3 Å². The third-order valence-electron chi connectivity index (χ3n) is 4.55. The van der Waals surface area contributed by atoms with E-state index in [4.69, 9.17) is 10.5 Å². The van der Waals surface area contributed by atoms with Crippen LogP contribution in [-0.4, -0.2) is 50.0 Å². The molecule has 1 atom stereocenters. The normalized spacial score (nSPS) is 18.2. The highest BCUT2D eigenvalue weighted by atomic mass is 16.5. The zero-order valence-electron chi connectivity index (χ0n) is 14.7. The van der Waals surface area contributed by atoms with E-state index >= 15 is 0 Å². The third kappa shape index (κ3) is 4.47. The summed E-state index contributed by atoms with van der Waals surface area (Å²) in [5, 5.41) is 2.59. The van der Waals surface area contributed by atoms with Gasteiger partial charge in [0.2, 0.25) is 0 Å². The number of piperidine rings is 1. The number of carbonyl (C=O) groups excluding carboxylic acids is 2. The van der Waals surface area contributed by atoms with Crippen molar-refractivity contribution >= 4 is 11.8 Å². The van der Waals surface area contributed by atoms with Gasteiger partial charge in [-0.25, -0.2) is 4.79 Å². The Morgan fingerprint density at radius 3 is 2.58 bits per heavy atom. The molecular formula is C18H27N3O3. The molecule has 24 heavy (non-hydrogen) atoms. The monoisotopic (exact) mass is 333 g/mol. The number of ketones is 1. The smallest absolute Gasteiger partial charge is 0.312 e. The second-order valence-corrected chi connectivity index (χ2v) is 6.44. The Morgan fingerprint density at radius 1 is 1.33 bits per heavy atom. The fourth-order valence-corrected chi connectivity index (χ4v) is 3.46. The number of amides is 2. The molecule has 0 bridgehead atoms. The number of rotatable bonds is 6. The molecule has 6 heteroatoms. The molecule has 1 aliphatic rings. The fraction of sp³-hybridized carbons (Fsp3) is 0.556. The van der Waals surface area contributed by atoms with Crippen molar-refractivity contribution in [3.63, 3.8) is 0 Å². The van der Waals surface area contributed by atoms with E-state index in [1.807, 2.05) is 26.0 Å². The first-order valence-corrected chi connectivity index (χ1v) is 8.37. The van der Waals surface area contributed by atoms with Gasteiger partial charge in [-0.3, -0.25) is 4.79 Å². The number of methoxy groups -OCH3 is 1. The molecule has 0 radical (unpaired) electrons. The van der Waals surface area contributed by atoms with Gasteiger partial charge in [-0.2, -0.15) is 0 Å². The molecule has 2 amide bonds. The summed E-state index contributed by atoms with van der Waals surface area (Å²) < 4.78 is 5.37. The molecule has 0 unspecified atom stereocenters. The molecule has 2 rings (SSSR count). The molecule has 0 saturated carbocycles. The van der Waals surface area contributed by atoms with Crippen molar-refractivity contribution in [3.8, 4) is 5.75 Å². The summed E-state index contributed by atoms with van der Waals surface area (Å²) in [6, 6.07) is 3.33. The van der Waals surface area contributed by atoms with Crippen molar-refractivity contribution in [3.05, 3.63) is 28.8 Å². The largest absolute Gasteiger partial charge is 0.496 e. The summed E-state index contributed by atoms with van der Waals surface area (Å²) in [5.74, 6) is 1.03. The maximum absolute atomic E-state index is 12.9. The maximum Gasteiger partial charge on any atom is 0.312 e. The number of ether oxygens (including phenoxy) is 1. The predicted molar refractivity (Wildman–Crippen MR) is 93.5 cm³/mol. The van der Waals surface area contributed by atoms with E-state index in [0.29, 0.717) is 13.1 Å². The molecule has 6 nitrogen and oxygen atoms in total. The van der Waals surface area contributed by atoms with Crippen LogP contribution in [-0.2, 0) is 0 Å². The fourth-order valence-electron chi connectivity index (χ4n) is 3.46. The number of nitrogens with two attached hydrogens (primary N) is 1. The summed E-state index contributed by atoms with van der Waals surface area (Å²) >= 11 is 0. The van der Waals surface area contributed by atoms with Crippen LogP contribution in [0, 0.1) is 19.8 Å². The number of hydrogen-bond acceptors (Lipinski definition) is 4. The van der Waals surface area contributed by atoms with E-state index in [0.717, 1.165) is 48.4 Å². The summed E-state index contributed by atoms with van der Waals surface area (Å²) in [5.41, 5.74) is 7.81. The Labute approximate surface area is 143 Å². The number of likely N-dealkylation sites (tertiary alicyclic amines) is 1. The van der Waals surface area contributed by atoms with Gasteiger partial charge in [-0.05, 0) is 56.5 Å². The Balaban J connectivity index is 2.02. The lowest BCUT2D eigenvalue weighted by Gasteiger charge is -2.32. The van der Waals surface area contributed by atoms with Gasteiger partial charge in [-0.1, -0.05) is 0 Å². The zero-order chi connectivity index (χ0) is 17.7. The highest BCUT2D eigenvalue weighted by molar-refractivity contribution is 5.98. The molecular weight excluding hydrogens is 306 g/mol. The minimum atomic E-state index is -0.510. The van der Waals surface area contributed by atoms with Gasteiger partial charge in [0.15, 0.2) is 5.78 Å². The van der Waals surface area contributed by atoms with Crippen LogP contribution in [0.25, 0.3) is 0 Å². The van der Waals surface area contributed by atoms with Crippen LogP contribution in [0.15, 0.2) is 12.1 Å². The minimum Gasteiger partial charge on any atom is -0.496 e. The van der Waals surface area contributed by atoms with Crippen LogP contribution in [0.2, 0.25) is 0 Å². The molecule has 1 aliphatic heterocycles. The van der Waals surface area contributed by atoms with Crippen LogP contribution in [0.5, 0.6) is 5.75 Å². The van der Waals surface area contributed by atoms with E-state index in [1.165, 1.54) is 0 Å². The molecule has 1 fully saturated rings. The number of nitrogens with one attached hydrogen (secondary N) is 1. The van der Waals surface area contributed by atoms with Gasteiger partial charge in [0.05, 0.1) is 7.11 Å². The highest BCUT2D eigenvalue weighted by Gasteiger charge is 2.27. The quantitative estimate of drug-likeness (QED) is 0.779. The van der Waals surface area contributed by atoms with E-state index in [9.17, 15) is 9.59 Å². The average molecular weight is 333 g/mol. The van der Waals surface area contributed by atoms with Gasteiger partial charge >= 0.3 is 6.03 Å². The molecule has 1 heterocycles. The summed E-state index contributed by atoms with van der Waals surface area (Å²) in [4.78, 5) is 25.8. The first kappa shape index (κ1) is 18.3. The standard InChI is InChI=1S/C18H27N3O3/c1-12-9-15(10-13(2)17(12)24-3)16(22)14-5-4-7-21(11-14)8-6-20-18(19)23/h9-10,14H,4-8,11H2,1-3H3,(H3,19,20,23)/t14-/m0/s1. The number of hydrogen-bond donors (Lipinski definition) is 2. The second-order valence-electron chi connectivity index (χ2n) is 6.44. The van der Waals surface area contributed by atoms with Crippen LogP contribution >= 0.6 is 0 Å². The second kappa shape index (κ2) is 8.15. The molecule has 3 N–H and O–H groups in total. The first-order valence-electron chi connectivity index (χ1n) is 8.37. The first-order chi connectivity index (χ1) is 11.4. The Hall–Kier alpha value is -2.08. The molecule has 1 aromatic carbocycles. The number of urea groups is 1. The van der Waals surface area contributed by atoms with Crippen molar-refractivity contribution in [1.29, 1.82) is 0 Å². The molecule has 1 saturated heterocycles. The number of carbonyl (C=O) groups is 2. The highest BCUT2D eigenvalue weighted by Crippen LogP contribution is 2.27. The lowest BCUT2D eigenvalue weighted by Crippen LogP contribution is -2.43. The third-order valence-corrected chi connectivity index (χ3v) is 4.55. The van der Waals surface area contributed by atoms with Gasteiger partial charge in [0.1, 0.15) is 5.75 Å². The summed E-state index contributed by atoms with van der Waals surface area (Å²) in [7, 11) is 1.65. The van der Waals surface area contributed by atoms with Gasteiger partial charge < -0.3 is 20.7 Å². The Morgan fingerprint density at radius 2 is 2.00 bits per heavy atom. The van der Waals surface area contributed by atoms with Crippen LogP contribution in [0.4, 0.5) is 4.79 Å². The predicted octanol–water partition coefficient (Wildman–Crippen LogP) is 1.88. The number of benzene rings is 1.